The summed E-state index contributed by atoms with van der Waals surface area (Å²) in [6, 6.07) is 6.73. The Bertz CT molecular complexity index is 693. The standard InChI is InChI=1S/C14H13FN6/c1-10(13-4-2-11(15)6-17-13)20-12-3-5-14(18-7-12)21-9-16-8-19-21/h2-10,20H,1H3. The Hall–Kier alpha value is -2.83. The second-order valence-corrected chi connectivity index (χ2v) is 4.51. The molecule has 3 aromatic rings. The lowest BCUT2D eigenvalue weighted by molar-refractivity contribution is 0.617. The van der Waals surface area contributed by atoms with Crippen LogP contribution in [0.4, 0.5) is 10.1 Å². The van der Waals surface area contributed by atoms with Crippen molar-refractivity contribution in [2.75, 3.05) is 5.32 Å². The number of anilines is 1. The zero-order chi connectivity index (χ0) is 14.7. The molecule has 7 heteroatoms. The number of nitrogens with one attached hydrogen (secondary N) is 1. The SMILES string of the molecule is CC(Nc1ccc(-n2cncn2)nc1)c1ccc(F)cn1. The van der Waals surface area contributed by atoms with Crippen molar-refractivity contribution in [1.82, 2.24) is 24.7 Å². The molecule has 1 atom stereocenters. The fraction of sp³-hybridized carbons (Fsp3) is 0.143. The zero-order valence-electron chi connectivity index (χ0n) is 11.3. The second kappa shape index (κ2) is 5.66. The van der Waals surface area contributed by atoms with Crippen LogP contribution in [0, 0.1) is 5.82 Å². The lowest BCUT2D eigenvalue weighted by Crippen LogP contribution is -2.09. The van der Waals surface area contributed by atoms with E-state index in [1.807, 2.05) is 19.1 Å². The molecule has 0 aromatic carbocycles. The van der Waals surface area contributed by atoms with E-state index in [9.17, 15) is 4.39 Å². The van der Waals surface area contributed by atoms with E-state index >= 15 is 0 Å². The molecule has 3 rings (SSSR count). The van der Waals surface area contributed by atoms with Crippen LogP contribution < -0.4 is 5.32 Å². The number of hydrogen-bond acceptors (Lipinski definition) is 5. The molecule has 0 bridgehead atoms. The van der Waals surface area contributed by atoms with Crippen molar-refractivity contribution in [2.24, 2.45) is 0 Å². The van der Waals surface area contributed by atoms with E-state index < -0.39 is 0 Å². The molecule has 6 nitrogen and oxygen atoms in total. The number of halogens is 1. The number of nitrogens with zero attached hydrogens (tertiary/aromatic N) is 5. The van der Waals surface area contributed by atoms with Crippen molar-refractivity contribution in [3.8, 4) is 5.82 Å². The van der Waals surface area contributed by atoms with Gasteiger partial charge in [-0.05, 0) is 31.2 Å². The van der Waals surface area contributed by atoms with Gasteiger partial charge in [-0.2, -0.15) is 5.10 Å². The van der Waals surface area contributed by atoms with Crippen LogP contribution in [0.5, 0.6) is 0 Å². The molecule has 3 aromatic heterocycles. The number of aromatic nitrogens is 5. The first kappa shape index (κ1) is 13.2. The number of hydrogen-bond donors (Lipinski definition) is 1. The van der Waals surface area contributed by atoms with Crippen LogP contribution in [0.2, 0.25) is 0 Å². The van der Waals surface area contributed by atoms with Gasteiger partial charge in [0.25, 0.3) is 0 Å². The molecule has 0 saturated carbocycles. The van der Waals surface area contributed by atoms with E-state index in [4.69, 9.17) is 0 Å². The summed E-state index contributed by atoms with van der Waals surface area (Å²) in [6.45, 7) is 1.95. The first-order chi connectivity index (χ1) is 10.2. The fourth-order valence-corrected chi connectivity index (χ4v) is 1.90. The maximum Gasteiger partial charge on any atom is 0.155 e. The minimum atomic E-state index is -0.343. The Balaban J connectivity index is 1.71. The fourth-order valence-electron chi connectivity index (χ4n) is 1.90. The zero-order valence-corrected chi connectivity index (χ0v) is 11.3. The van der Waals surface area contributed by atoms with E-state index in [0.29, 0.717) is 5.82 Å². The summed E-state index contributed by atoms with van der Waals surface area (Å²) in [5, 5.41) is 7.27. The predicted octanol–water partition coefficient (Wildman–Crippen LogP) is 2.37. The van der Waals surface area contributed by atoms with Gasteiger partial charge in [0.1, 0.15) is 18.5 Å². The Morgan fingerprint density at radius 3 is 2.67 bits per heavy atom. The average molecular weight is 284 g/mol. The Morgan fingerprint density at radius 1 is 1.14 bits per heavy atom. The van der Waals surface area contributed by atoms with E-state index in [1.54, 1.807) is 23.3 Å². The highest BCUT2D eigenvalue weighted by Crippen LogP contribution is 2.17. The quantitative estimate of drug-likeness (QED) is 0.796. The Morgan fingerprint density at radius 2 is 2.05 bits per heavy atom. The molecule has 0 saturated heterocycles. The van der Waals surface area contributed by atoms with Crippen LogP contribution >= 0.6 is 0 Å². The van der Waals surface area contributed by atoms with Gasteiger partial charge in [-0.25, -0.2) is 19.0 Å². The summed E-state index contributed by atoms with van der Waals surface area (Å²) in [5.74, 6) is 0.343. The van der Waals surface area contributed by atoms with Crippen LogP contribution in [0.25, 0.3) is 5.82 Å². The van der Waals surface area contributed by atoms with Crippen LogP contribution in [-0.4, -0.2) is 24.7 Å². The molecule has 0 aliphatic rings. The average Bonchev–Trinajstić information content (AvgIpc) is 3.03. The molecule has 0 spiro atoms. The molecule has 1 N–H and O–H groups in total. The summed E-state index contributed by atoms with van der Waals surface area (Å²) in [5.41, 5.74) is 1.61. The maximum atomic E-state index is 12.8. The summed E-state index contributed by atoms with van der Waals surface area (Å²) >= 11 is 0. The second-order valence-electron chi connectivity index (χ2n) is 4.51. The largest absolute Gasteiger partial charge is 0.376 e. The molecule has 0 radical (unpaired) electrons. The molecule has 1 unspecified atom stereocenters. The number of pyridine rings is 2. The predicted molar refractivity (Wildman–Crippen MR) is 75.4 cm³/mol. The minimum absolute atomic E-state index is 0.0513. The van der Waals surface area contributed by atoms with Crippen molar-refractivity contribution in [3.63, 3.8) is 0 Å². The van der Waals surface area contributed by atoms with Crippen LogP contribution in [0.3, 0.4) is 0 Å². The number of rotatable bonds is 4. The Kier molecular flexibility index (Phi) is 3.55. The van der Waals surface area contributed by atoms with Crippen molar-refractivity contribution in [1.29, 1.82) is 0 Å². The monoisotopic (exact) mass is 284 g/mol. The van der Waals surface area contributed by atoms with Gasteiger partial charge >= 0.3 is 0 Å². The first-order valence-corrected chi connectivity index (χ1v) is 6.41. The molecule has 21 heavy (non-hydrogen) atoms. The highest BCUT2D eigenvalue weighted by Gasteiger charge is 2.07. The van der Waals surface area contributed by atoms with Gasteiger partial charge in [0.15, 0.2) is 5.82 Å². The maximum absolute atomic E-state index is 12.8. The smallest absolute Gasteiger partial charge is 0.155 e. The summed E-state index contributed by atoms with van der Waals surface area (Å²) in [7, 11) is 0. The third-order valence-electron chi connectivity index (χ3n) is 2.98. The normalized spacial score (nSPS) is 12.1. The van der Waals surface area contributed by atoms with Crippen LogP contribution in [0.15, 0.2) is 49.3 Å². The van der Waals surface area contributed by atoms with Crippen molar-refractivity contribution in [3.05, 3.63) is 60.8 Å². The highest BCUT2D eigenvalue weighted by molar-refractivity contribution is 5.45. The summed E-state index contributed by atoms with van der Waals surface area (Å²) in [6.07, 6.45) is 5.95. The Labute approximate surface area is 120 Å². The first-order valence-electron chi connectivity index (χ1n) is 6.41. The molecule has 0 aliphatic carbocycles. The van der Waals surface area contributed by atoms with Gasteiger partial charge in [-0.3, -0.25) is 4.98 Å². The summed E-state index contributed by atoms with van der Waals surface area (Å²) < 4.78 is 14.4. The van der Waals surface area contributed by atoms with E-state index in [-0.39, 0.29) is 11.9 Å². The van der Waals surface area contributed by atoms with Gasteiger partial charge in [-0.15, -0.1) is 0 Å². The minimum Gasteiger partial charge on any atom is -0.376 e. The third kappa shape index (κ3) is 3.02. The topological polar surface area (TPSA) is 68.5 Å². The van der Waals surface area contributed by atoms with Crippen LogP contribution in [-0.2, 0) is 0 Å². The third-order valence-corrected chi connectivity index (χ3v) is 2.98. The van der Waals surface area contributed by atoms with Gasteiger partial charge in [-0.1, -0.05) is 0 Å². The van der Waals surface area contributed by atoms with E-state index in [0.717, 1.165) is 11.4 Å². The lowest BCUT2D eigenvalue weighted by Gasteiger charge is -2.14. The van der Waals surface area contributed by atoms with Gasteiger partial charge < -0.3 is 5.32 Å². The molecule has 106 valence electrons. The van der Waals surface area contributed by atoms with Gasteiger partial charge in [0, 0.05) is 0 Å². The van der Waals surface area contributed by atoms with Crippen molar-refractivity contribution in [2.45, 2.75) is 13.0 Å². The van der Waals surface area contributed by atoms with E-state index in [2.05, 4.69) is 25.4 Å². The van der Waals surface area contributed by atoms with Gasteiger partial charge in [0.2, 0.25) is 0 Å². The molecular weight excluding hydrogens is 271 g/mol. The molecule has 0 fully saturated rings. The molecule has 0 aliphatic heterocycles. The van der Waals surface area contributed by atoms with Crippen molar-refractivity contribution < 1.29 is 4.39 Å². The summed E-state index contributed by atoms with van der Waals surface area (Å²) in [4.78, 5) is 12.2. The van der Waals surface area contributed by atoms with Crippen LogP contribution in [0.1, 0.15) is 18.7 Å². The highest BCUT2D eigenvalue weighted by atomic mass is 19.1. The van der Waals surface area contributed by atoms with Crippen molar-refractivity contribution >= 4 is 5.69 Å². The lowest BCUT2D eigenvalue weighted by atomic mass is 10.2. The molecular formula is C14H13FN6. The molecule has 3 heterocycles. The van der Waals surface area contributed by atoms with Gasteiger partial charge in [0.05, 0.1) is 29.8 Å². The van der Waals surface area contributed by atoms with E-state index in [1.165, 1.54) is 18.6 Å². The molecule has 0 amide bonds.